The van der Waals surface area contributed by atoms with E-state index in [4.69, 9.17) is 11.6 Å². The number of nitrogens with one attached hydrogen (secondary N) is 1. The fourth-order valence-corrected chi connectivity index (χ4v) is 1.75. The van der Waals surface area contributed by atoms with Gasteiger partial charge in [-0.2, -0.15) is 0 Å². The molecule has 1 amide bonds. The summed E-state index contributed by atoms with van der Waals surface area (Å²) in [6.45, 7) is -0.0572. The largest absolute Gasteiger partial charge is 0.323 e. The maximum Gasteiger partial charge on any atom is 0.246 e. The Bertz CT molecular complexity index is 577. The van der Waals surface area contributed by atoms with Crippen LogP contribution in [0.3, 0.4) is 0 Å². The topological polar surface area (TPSA) is 72.7 Å². The van der Waals surface area contributed by atoms with Crippen molar-refractivity contribution in [3.63, 3.8) is 0 Å². The summed E-state index contributed by atoms with van der Waals surface area (Å²) < 4.78 is 14.6. The molecule has 0 saturated carbocycles. The minimum Gasteiger partial charge on any atom is -0.323 e. The van der Waals surface area contributed by atoms with E-state index in [1.807, 2.05) is 0 Å². The van der Waals surface area contributed by atoms with E-state index in [1.165, 1.54) is 17.1 Å². The van der Waals surface area contributed by atoms with Crippen LogP contribution in [0.1, 0.15) is 0 Å². The summed E-state index contributed by atoms with van der Waals surface area (Å²) in [6, 6.07) is 2.49. The maximum atomic E-state index is 13.1. The fraction of sp³-hybridized carbons (Fsp3) is 0.111. The number of amides is 1. The third-order valence-electron chi connectivity index (χ3n) is 1.98. The summed E-state index contributed by atoms with van der Waals surface area (Å²) in [5.41, 5.74) is 0.308. The zero-order valence-corrected chi connectivity index (χ0v) is 11.1. The van der Waals surface area contributed by atoms with Gasteiger partial charge in [0.15, 0.2) is 0 Å². The van der Waals surface area contributed by atoms with Crippen molar-refractivity contribution in [1.29, 1.82) is 0 Å². The van der Waals surface area contributed by atoms with Gasteiger partial charge in [0.2, 0.25) is 5.91 Å². The van der Waals surface area contributed by atoms with E-state index in [-0.39, 0.29) is 21.9 Å². The molecule has 0 spiro atoms. The number of benzene rings is 1. The third kappa shape index (κ3) is 3.02. The lowest BCUT2D eigenvalue weighted by Gasteiger charge is -2.08. The smallest absolute Gasteiger partial charge is 0.246 e. The van der Waals surface area contributed by atoms with Crippen LogP contribution in [0.15, 0.2) is 22.9 Å². The summed E-state index contributed by atoms with van der Waals surface area (Å²) in [4.78, 5) is 11.6. The molecule has 1 heterocycles. The Hall–Kier alpha value is -1.54. The summed E-state index contributed by atoms with van der Waals surface area (Å²) >= 11 is 8.81. The first kappa shape index (κ1) is 12.9. The second-order valence-corrected chi connectivity index (χ2v) is 4.56. The number of carbonyl (C=O) groups excluding carboxylic acids is 1. The Morgan fingerprint density at radius 3 is 3.00 bits per heavy atom. The van der Waals surface area contributed by atoms with E-state index in [0.29, 0.717) is 5.69 Å². The second kappa shape index (κ2) is 5.40. The van der Waals surface area contributed by atoms with E-state index in [1.54, 1.807) is 0 Å². The molecule has 2 aromatic rings. The van der Waals surface area contributed by atoms with Crippen LogP contribution in [0.5, 0.6) is 0 Å². The number of aromatic nitrogens is 4. The molecule has 94 valence electrons. The van der Waals surface area contributed by atoms with Crippen LogP contribution in [0.4, 0.5) is 10.1 Å². The van der Waals surface area contributed by atoms with Crippen molar-refractivity contribution in [2.45, 2.75) is 6.54 Å². The Kier molecular flexibility index (Phi) is 3.87. The molecule has 0 radical (unpaired) electrons. The molecule has 0 saturated heterocycles. The van der Waals surface area contributed by atoms with Crippen LogP contribution in [0.2, 0.25) is 5.02 Å². The third-order valence-corrected chi connectivity index (χ3v) is 2.90. The molecule has 0 unspecified atom stereocenters. The summed E-state index contributed by atoms with van der Waals surface area (Å²) in [5, 5.41) is 13.0. The van der Waals surface area contributed by atoms with E-state index in [9.17, 15) is 9.18 Å². The van der Waals surface area contributed by atoms with Gasteiger partial charge in [-0.25, -0.2) is 9.07 Å². The van der Waals surface area contributed by atoms with Crippen LogP contribution in [0.25, 0.3) is 0 Å². The molecular weight excluding hydrogens is 328 g/mol. The van der Waals surface area contributed by atoms with Gasteiger partial charge in [0.1, 0.15) is 18.7 Å². The van der Waals surface area contributed by atoms with Crippen LogP contribution < -0.4 is 5.32 Å². The van der Waals surface area contributed by atoms with Gasteiger partial charge >= 0.3 is 0 Å². The average molecular weight is 335 g/mol. The van der Waals surface area contributed by atoms with Crippen molar-refractivity contribution >= 4 is 39.1 Å². The Labute approximate surface area is 114 Å². The molecule has 0 bridgehead atoms. The molecule has 0 fully saturated rings. The Morgan fingerprint density at radius 2 is 2.33 bits per heavy atom. The zero-order valence-electron chi connectivity index (χ0n) is 8.77. The quantitative estimate of drug-likeness (QED) is 0.870. The summed E-state index contributed by atoms with van der Waals surface area (Å²) in [6.07, 6.45) is 1.31. The molecule has 6 nitrogen and oxygen atoms in total. The SMILES string of the molecule is O=C(Cn1cnnn1)Nc1cc(Br)c(F)cc1Cl. The highest BCUT2D eigenvalue weighted by molar-refractivity contribution is 9.10. The highest BCUT2D eigenvalue weighted by Gasteiger charge is 2.10. The number of anilines is 1. The summed E-state index contributed by atoms with van der Waals surface area (Å²) in [7, 11) is 0. The number of rotatable bonds is 3. The lowest BCUT2D eigenvalue weighted by atomic mass is 10.3. The molecule has 0 aliphatic heterocycles. The molecule has 0 atom stereocenters. The number of hydrogen-bond donors (Lipinski definition) is 1. The van der Waals surface area contributed by atoms with Crippen LogP contribution in [-0.4, -0.2) is 26.1 Å². The van der Waals surface area contributed by atoms with E-state index < -0.39 is 5.82 Å². The highest BCUT2D eigenvalue weighted by atomic mass is 79.9. The molecule has 18 heavy (non-hydrogen) atoms. The molecule has 1 aromatic heterocycles. The van der Waals surface area contributed by atoms with Gasteiger partial charge < -0.3 is 5.32 Å². The Morgan fingerprint density at radius 1 is 1.56 bits per heavy atom. The van der Waals surface area contributed by atoms with Crippen molar-refractivity contribution in [3.05, 3.63) is 33.8 Å². The lowest BCUT2D eigenvalue weighted by molar-refractivity contribution is -0.116. The average Bonchev–Trinajstić information content (AvgIpc) is 2.78. The van der Waals surface area contributed by atoms with Crippen molar-refractivity contribution in [2.75, 3.05) is 5.32 Å². The number of halogens is 3. The Balaban J connectivity index is 2.09. The molecule has 0 aliphatic carbocycles. The van der Waals surface area contributed by atoms with Crippen molar-refractivity contribution in [1.82, 2.24) is 20.2 Å². The van der Waals surface area contributed by atoms with Gasteiger partial charge in [-0.3, -0.25) is 4.79 Å². The fourth-order valence-electron chi connectivity index (χ4n) is 1.21. The van der Waals surface area contributed by atoms with Crippen LogP contribution >= 0.6 is 27.5 Å². The predicted octanol–water partition coefficient (Wildman–Crippen LogP) is 1.87. The van der Waals surface area contributed by atoms with E-state index in [0.717, 1.165) is 6.07 Å². The van der Waals surface area contributed by atoms with Crippen LogP contribution in [-0.2, 0) is 11.3 Å². The molecule has 1 aromatic carbocycles. The number of tetrazole rings is 1. The molecule has 0 aliphatic rings. The molecule has 9 heteroatoms. The predicted molar refractivity (Wildman–Crippen MR) is 65.6 cm³/mol. The van der Waals surface area contributed by atoms with Gasteiger partial charge in [0.25, 0.3) is 0 Å². The molecular formula is C9H6BrClFN5O. The lowest BCUT2D eigenvalue weighted by Crippen LogP contribution is -2.19. The zero-order chi connectivity index (χ0) is 13.1. The number of nitrogens with zero attached hydrogens (tertiary/aromatic N) is 4. The van der Waals surface area contributed by atoms with Gasteiger partial charge in [0.05, 0.1) is 15.2 Å². The van der Waals surface area contributed by atoms with Gasteiger partial charge in [-0.05, 0) is 38.5 Å². The standard InChI is InChI=1S/C9H6BrClFN5O/c10-5-1-8(6(11)2-7(5)12)14-9(18)3-17-4-13-15-16-17/h1-2,4H,3H2,(H,14,18). The first-order chi connectivity index (χ1) is 8.56. The van der Waals surface area contributed by atoms with Crippen molar-refractivity contribution in [2.24, 2.45) is 0 Å². The van der Waals surface area contributed by atoms with Gasteiger partial charge in [0, 0.05) is 0 Å². The van der Waals surface area contributed by atoms with Gasteiger partial charge in [-0.15, -0.1) is 5.10 Å². The molecule has 2 rings (SSSR count). The first-order valence-corrected chi connectivity index (χ1v) is 5.88. The number of carbonyl (C=O) groups is 1. The maximum absolute atomic E-state index is 13.1. The minimum atomic E-state index is -0.501. The minimum absolute atomic E-state index is 0.0572. The monoisotopic (exact) mass is 333 g/mol. The number of hydrogen-bond acceptors (Lipinski definition) is 4. The van der Waals surface area contributed by atoms with Gasteiger partial charge in [-0.1, -0.05) is 11.6 Å². The van der Waals surface area contributed by atoms with Crippen LogP contribution in [0, 0.1) is 5.82 Å². The highest BCUT2D eigenvalue weighted by Crippen LogP contribution is 2.28. The first-order valence-electron chi connectivity index (χ1n) is 4.71. The summed E-state index contributed by atoms with van der Waals surface area (Å²) in [5.74, 6) is -0.874. The normalized spacial score (nSPS) is 10.4. The van der Waals surface area contributed by atoms with Crippen molar-refractivity contribution < 1.29 is 9.18 Å². The van der Waals surface area contributed by atoms with E-state index >= 15 is 0 Å². The second-order valence-electron chi connectivity index (χ2n) is 3.30. The van der Waals surface area contributed by atoms with Crippen molar-refractivity contribution in [3.8, 4) is 0 Å². The molecule has 1 N–H and O–H groups in total. The van der Waals surface area contributed by atoms with E-state index in [2.05, 4.69) is 36.8 Å².